The van der Waals surface area contributed by atoms with E-state index in [2.05, 4.69) is 25.6 Å². The molecule has 0 aliphatic carbocycles. The number of benzene rings is 2. The zero-order chi connectivity index (χ0) is 19.5. The number of aliphatic hydroxyl groups excluding tert-OH is 1. The van der Waals surface area contributed by atoms with Crippen molar-refractivity contribution in [3.8, 4) is 5.69 Å². The number of hydrogen-bond acceptors (Lipinski definition) is 6. The summed E-state index contributed by atoms with van der Waals surface area (Å²) in [5.74, 6) is 1.86. The summed E-state index contributed by atoms with van der Waals surface area (Å²) >= 11 is 0. The fourth-order valence-electron chi connectivity index (χ4n) is 3.08. The molecule has 4 aromatic rings. The highest BCUT2D eigenvalue weighted by molar-refractivity contribution is 5.40. The lowest BCUT2D eigenvalue weighted by Crippen LogP contribution is -2.11. The molecule has 1 N–H and O–H groups in total. The Morgan fingerprint density at radius 2 is 1.75 bits per heavy atom. The Morgan fingerprint density at radius 1 is 1.00 bits per heavy atom. The van der Waals surface area contributed by atoms with Crippen molar-refractivity contribution in [2.45, 2.75) is 32.9 Å². The third kappa shape index (κ3) is 3.54. The minimum Gasteiger partial charge on any atom is -0.380 e. The van der Waals surface area contributed by atoms with Gasteiger partial charge in [-0.25, -0.2) is 14.3 Å². The van der Waals surface area contributed by atoms with Gasteiger partial charge in [0.2, 0.25) is 0 Å². The van der Waals surface area contributed by atoms with Crippen molar-refractivity contribution in [3.05, 3.63) is 83.2 Å². The van der Waals surface area contributed by atoms with E-state index in [-0.39, 0.29) is 0 Å². The predicted molar refractivity (Wildman–Crippen MR) is 103 cm³/mol. The minimum atomic E-state index is -0.889. The largest absolute Gasteiger partial charge is 0.380 e. The molecule has 0 fully saturated rings. The quantitative estimate of drug-likeness (QED) is 0.555. The molecule has 0 radical (unpaired) electrons. The summed E-state index contributed by atoms with van der Waals surface area (Å²) in [6.45, 7) is 4.46. The van der Waals surface area contributed by atoms with Crippen LogP contribution in [0.2, 0.25) is 0 Å². The first-order valence-electron chi connectivity index (χ1n) is 9.11. The van der Waals surface area contributed by atoms with Gasteiger partial charge in [0.05, 0.1) is 12.2 Å². The average Bonchev–Trinajstić information content (AvgIpc) is 3.33. The Kier molecular flexibility index (Phi) is 4.94. The first-order chi connectivity index (χ1) is 13.6. The number of hydrogen-bond donors (Lipinski definition) is 1. The van der Waals surface area contributed by atoms with Crippen LogP contribution >= 0.6 is 0 Å². The van der Waals surface area contributed by atoms with Gasteiger partial charge in [-0.2, -0.15) is 0 Å². The molecule has 2 aromatic carbocycles. The Hall–Kier alpha value is -3.39. The minimum absolute atomic E-state index is 0.373. The third-order valence-corrected chi connectivity index (χ3v) is 4.65. The van der Waals surface area contributed by atoms with Crippen LogP contribution in [0.3, 0.4) is 0 Å². The molecule has 28 heavy (non-hydrogen) atoms. The maximum atomic E-state index is 10.8. The van der Waals surface area contributed by atoms with E-state index in [1.54, 1.807) is 9.36 Å². The van der Waals surface area contributed by atoms with Crippen molar-refractivity contribution in [2.75, 3.05) is 0 Å². The topological polar surface area (TPSA) is 94.5 Å². The van der Waals surface area contributed by atoms with Gasteiger partial charge >= 0.3 is 0 Å². The number of nitrogens with zero attached hydrogens (tertiary/aromatic N) is 7. The molecule has 0 saturated carbocycles. The van der Waals surface area contributed by atoms with Crippen LogP contribution < -0.4 is 0 Å². The number of aryl methyl sites for hydroxylation is 4. The molecule has 2 aromatic heterocycles. The lowest BCUT2D eigenvalue weighted by Gasteiger charge is -2.09. The molecule has 0 spiro atoms. The van der Waals surface area contributed by atoms with Gasteiger partial charge in [0, 0.05) is 6.42 Å². The van der Waals surface area contributed by atoms with Gasteiger partial charge in [-0.3, -0.25) is 0 Å². The second-order valence-electron chi connectivity index (χ2n) is 6.60. The van der Waals surface area contributed by atoms with Crippen LogP contribution in [0.5, 0.6) is 0 Å². The first-order valence-corrected chi connectivity index (χ1v) is 9.11. The molecular formula is C20H21N7O. The second-order valence-corrected chi connectivity index (χ2v) is 6.60. The summed E-state index contributed by atoms with van der Waals surface area (Å²) in [5.41, 5.74) is 2.77. The van der Waals surface area contributed by atoms with E-state index in [0.717, 1.165) is 28.5 Å². The van der Waals surface area contributed by atoms with Crippen LogP contribution in [-0.4, -0.2) is 40.1 Å². The summed E-state index contributed by atoms with van der Waals surface area (Å²) in [5, 5.41) is 27.0. The van der Waals surface area contributed by atoms with Gasteiger partial charge in [0.25, 0.3) is 0 Å². The Morgan fingerprint density at radius 3 is 2.46 bits per heavy atom. The van der Waals surface area contributed by atoms with Crippen LogP contribution in [0.4, 0.5) is 0 Å². The predicted octanol–water partition coefficient (Wildman–Crippen LogP) is 2.20. The highest BCUT2D eigenvalue weighted by Gasteiger charge is 2.20. The Labute approximate surface area is 162 Å². The molecule has 0 aliphatic rings. The van der Waals surface area contributed by atoms with Crippen LogP contribution in [0.1, 0.15) is 34.7 Å². The summed E-state index contributed by atoms with van der Waals surface area (Å²) in [6.07, 6.45) is -0.311. The molecule has 8 nitrogen and oxygen atoms in total. The Balaban J connectivity index is 1.71. The van der Waals surface area contributed by atoms with Crippen molar-refractivity contribution in [2.24, 2.45) is 0 Å². The molecule has 0 aliphatic heterocycles. The first kappa shape index (κ1) is 18.0. The normalized spacial score (nSPS) is 12.2. The van der Waals surface area contributed by atoms with E-state index >= 15 is 0 Å². The van der Waals surface area contributed by atoms with Gasteiger partial charge in [-0.1, -0.05) is 48.5 Å². The van der Waals surface area contributed by atoms with Crippen molar-refractivity contribution in [1.29, 1.82) is 0 Å². The number of aliphatic hydroxyl groups is 1. The molecule has 8 heteroatoms. The van der Waals surface area contributed by atoms with E-state index in [1.165, 1.54) is 0 Å². The number of tetrazole rings is 1. The summed E-state index contributed by atoms with van der Waals surface area (Å²) in [6, 6.07) is 17.4. The van der Waals surface area contributed by atoms with Crippen molar-refractivity contribution in [3.63, 3.8) is 0 Å². The molecule has 4 rings (SSSR count). The summed E-state index contributed by atoms with van der Waals surface area (Å²) in [7, 11) is 0. The smallest absolute Gasteiger partial charge is 0.184 e. The van der Waals surface area contributed by atoms with E-state index < -0.39 is 6.10 Å². The molecule has 0 unspecified atom stereocenters. The monoisotopic (exact) mass is 375 g/mol. The standard InChI is InChI=1S/C20H21N7O/c1-14-8-6-7-11-17(14)27-18(12-13-26-15(2)22-24-25-26)21-20(23-27)19(28)16-9-4-3-5-10-16/h3-11,19,28H,12-13H2,1-2H3/t19-/m0/s1. The number of rotatable bonds is 6. The van der Waals surface area contributed by atoms with Gasteiger partial charge in [0.1, 0.15) is 17.8 Å². The zero-order valence-electron chi connectivity index (χ0n) is 15.8. The van der Waals surface area contributed by atoms with Crippen LogP contribution in [0.15, 0.2) is 54.6 Å². The van der Waals surface area contributed by atoms with Crippen molar-refractivity contribution in [1.82, 2.24) is 35.0 Å². The SMILES string of the molecule is Cc1ccccc1-n1nc([C@@H](O)c2ccccc2)nc1CCn1nnnc1C. The molecule has 0 bridgehead atoms. The third-order valence-electron chi connectivity index (χ3n) is 4.65. The summed E-state index contributed by atoms with van der Waals surface area (Å²) in [4.78, 5) is 4.65. The van der Waals surface area contributed by atoms with E-state index in [1.807, 2.05) is 68.4 Å². The molecular weight excluding hydrogens is 354 g/mol. The average molecular weight is 375 g/mol. The highest BCUT2D eigenvalue weighted by atomic mass is 16.3. The van der Waals surface area contributed by atoms with Gasteiger partial charge < -0.3 is 5.11 Å². The number of para-hydroxylation sites is 1. The van der Waals surface area contributed by atoms with E-state index in [9.17, 15) is 5.11 Å². The molecule has 142 valence electrons. The summed E-state index contributed by atoms with van der Waals surface area (Å²) < 4.78 is 3.53. The van der Waals surface area contributed by atoms with Crippen molar-refractivity contribution >= 4 is 0 Å². The Bertz CT molecular complexity index is 1070. The molecule has 0 saturated heterocycles. The highest BCUT2D eigenvalue weighted by Crippen LogP contribution is 2.22. The van der Waals surface area contributed by atoms with Crippen LogP contribution in [-0.2, 0) is 13.0 Å². The lowest BCUT2D eigenvalue weighted by molar-refractivity contribution is 0.210. The maximum absolute atomic E-state index is 10.8. The van der Waals surface area contributed by atoms with Crippen LogP contribution in [0, 0.1) is 13.8 Å². The van der Waals surface area contributed by atoms with E-state index in [4.69, 9.17) is 0 Å². The van der Waals surface area contributed by atoms with Gasteiger partial charge in [-0.05, 0) is 41.5 Å². The molecule has 2 heterocycles. The maximum Gasteiger partial charge on any atom is 0.184 e. The van der Waals surface area contributed by atoms with Crippen molar-refractivity contribution < 1.29 is 5.11 Å². The number of aromatic nitrogens is 7. The molecule has 1 atom stereocenters. The van der Waals surface area contributed by atoms with Gasteiger partial charge in [0.15, 0.2) is 5.82 Å². The van der Waals surface area contributed by atoms with Crippen LogP contribution in [0.25, 0.3) is 5.69 Å². The molecule has 0 amide bonds. The lowest BCUT2D eigenvalue weighted by atomic mass is 10.1. The fraction of sp³-hybridized carbons (Fsp3) is 0.250. The fourth-order valence-corrected chi connectivity index (χ4v) is 3.08. The van der Waals surface area contributed by atoms with Gasteiger partial charge in [-0.15, -0.1) is 10.2 Å². The van der Waals surface area contributed by atoms with E-state index in [0.29, 0.717) is 18.8 Å². The second kappa shape index (κ2) is 7.69. The zero-order valence-corrected chi connectivity index (χ0v) is 15.8.